The maximum Gasteiger partial charge on any atom is 0.342 e. The summed E-state index contributed by atoms with van der Waals surface area (Å²) in [5, 5.41) is 0. The van der Waals surface area contributed by atoms with Crippen molar-refractivity contribution in [3.63, 3.8) is 0 Å². The molecule has 0 aliphatic carbocycles. The summed E-state index contributed by atoms with van der Waals surface area (Å²) in [6.45, 7) is 2.24. The second-order valence-electron chi connectivity index (χ2n) is 4.00. The van der Waals surface area contributed by atoms with Gasteiger partial charge in [0.15, 0.2) is 0 Å². The van der Waals surface area contributed by atoms with E-state index in [1.54, 1.807) is 12.1 Å². The smallest absolute Gasteiger partial charge is 0.342 e. The van der Waals surface area contributed by atoms with Crippen molar-refractivity contribution in [2.45, 2.75) is 13.5 Å². The monoisotopic (exact) mass is 242 g/mol. The molecule has 0 amide bonds. The summed E-state index contributed by atoms with van der Waals surface area (Å²) in [5.74, 6) is -0.271. The Kier molecular flexibility index (Phi) is 3.57. The Balaban J connectivity index is 2.01. The Morgan fingerprint density at radius 2 is 2.00 bits per heavy atom. The van der Waals surface area contributed by atoms with E-state index >= 15 is 0 Å². The molecule has 0 atom stereocenters. The van der Waals surface area contributed by atoms with Crippen LogP contribution in [0.3, 0.4) is 0 Å². The van der Waals surface area contributed by atoms with Crippen LogP contribution in [0.15, 0.2) is 42.6 Å². The van der Waals surface area contributed by atoms with E-state index in [1.165, 1.54) is 11.8 Å². The number of anilines is 1. The topological polar surface area (TPSA) is 65.2 Å². The Morgan fingerprint density at radius 1 is 1.28 bits per heavy atom. The standard InChI is InChI=1S/C14H14N2O2/c1-10-4-6-11(7-5-10)9-18-14(17)12-3-2-8-16-13(12)15/h2-8H,9H2,1H3,(H2,15,16). The van der Waals surface area contributed by atoms with Crippen molar-refractivity contribution < 1.29 is 9.53 Å². The summed E-state index contributed by atoms with van der Waals surface area (Å²) in [4.78, 5) is 15.6. The fourth-order valence-electron chi connectivity index (χ4n) is 1.50. The Labute approximate surface area is 105 Å². The number of nitrogens with two attached hydrogens (primary N) is 1. The van der Waals surface area contributed by atoms with Crippen molar-refractivity contribution in [3.05, 3.63) is 59.3 Å². The zero-order valence-electron chi connectivity index (χ0n) is 10.1. The van der Waals surface area contributed by atoms with Gasteiger partial charge in [-0.25, -0.2) is 9.78 Å². The predicted octanol–water partition coefficient (Wildman–Crippen LogP) is 2.33. The SMILES string of the molecule is Cc1ccc(COC(=O)c2cccnc2N)cc1. The van der Waals surface area contributed by atoms with E-state index in [0.717, 1.165) is 5.56 Å². The molecule has 18 heavy (non-hydrogen) atoms. The summed E-state index contributed by atoms with van der Waals surface area (Å²) < 4.78 is 5.18. The van der Waals surface area contributed by atoms with Crippen LogP contribution in [0.4, 0.5) is 5.82 Å². The number of benzene rings is 1. The van der Waals surface area contributed by atoms with Crippen LogP contribution >= 0.6 is 0 Å². The fraction of sp³-hybridized carbons (Fsp3) is 0.143. The van der Waals surface area contributed by atoms with Crippen LogP contribution < -0.4 is 5.73 Å². The summed E-state index contributed by atoms with van der Waals surface area (Å²) in [7, 11) is 0. The molecule has 0 aliphatic rings. The molecule has 0 saturated heterocycles. The molecule has 0 saturated carbocycles. The van der Waals surface area contributed by atoms with Crippen LogP contribution in [0.2, 0.25) is 0 Å². The minimum absolute atomic E-state index is 0.186. The zero-order valence-corrected chi connectivity index (χ0v) is 10.1. The average Bonchev–Trinajstić information content (AvgIpc) is 2.38. The van der Waals surface area contributed by atoms with Gasteiger partial charge in [0.25, 0.3) is 0 Å². The number of nitrogens with zero attached hydrogens (tertiary/aromatic N) is 1. The number of carbonyl (C=O) groups excluding carboxylic acids is 1. The number of aryl methyl sites for hydroxylation is 1. The van der Waals surface area contributed by atoms with Crippen LogP contribution in [0.1, 0.15) is 21.5 Å². The van der Waals surface area contributed by atoms with Gasteiger partial charge in [-0.05, 0) is 24.6 Å². The largest absolute Gasteiger partial charge is 0.457 e. The maximum absolute atomic E-state index is 11.8. The molecule has 1 aromatic heterocycles. The molecular weight excluding hydrogens is 228 g/mol. The van der Waals surface area contributed by atoms with Gasteiger partial charge in [0, 0.05) is 6.20 Å². The molecule has 2 N–H and O–H groups in total. The fourth-order valence-corrected chi connectivity index (χ4v) is 1.50. The van der Waals surface area contributed by atoms with Crippen molar-refractivity contribution in [2.24, 2.45) is 0 Å². The lowest BCUT2D eigenvalue weighted by atomic mass is 10.2. The van der Waals surface area contributed by atoms with E-state index in [2.05, 4.69) is 4.98 Å². The molecule has 0 bridgehead atoms. The molecule has 2 aromatic rings. The van der Waals surface area contributed by atoms with Gasteiger partial charge in [-0.15, -0.1) is 0 Å². The van der Waals surface area contributed by atoms with Crippen LogP contribution in [0.5, 0.6) is 0 Å². The molecule has 2 rings (SSSR count). The van der Waals surface area contributed by atoms with Gasteiger partial charge in [-0.2, -0.15) is 0 Å². The third kappa shape index (κ3) is 2.85. The van der Waals surface area contributed by atoms with Gasteiger partial charge >= 0.3 is 5.97 Å². The van der Waals surface area contributed by atoms with Gasteiger partial charge in [0.2, 0.25) is 0 Å². The van der Waals surface area contributed by atoms with Crippen molar-refractivity contribution in [2.75, 3.05) is 5.73 Å². The Hall–Kier alpha value is -2.36. The number of hydrogen-bond acceptors (Lipinski definition) is 4. The van der Waals surface area contributed by atoms with E-state index in [1.807, 2.05) is 31.2 Å². The summed E-state index contributed by atoms with van der Waals surface area (Å²) >= 11 is 0. The second kappa shape index (κ2) is 5.31. The summed E-state index contributed by atoms with van der Waals surface area (Å²) in [5.41, 5.74) is 8.00. The van der Waals surface area contributed by atoms with E-state index in [-0.39, 0.29) is 12.4 Å². The van der Waals surface area contributed by atoms with Crippen molar-refractivity contribution in [3.8, 4) is 0 Å². The van der Waals surface area contributed by atoms with Crippen molar-refractivity contribution in [1.29, 1.82) is 0 Å². The third-order valence-corrected chi connectivity index (χ3v) is 2.55. The highest BCUT2D eigenvalue weighted by Crippen LogP contribution is 2.11. The first-order valence-corrected chi connectivity index (χ1v) is 5.60. The van der Waals surface area contributed by atoms with Crippen molar-refractivity contribution in [1.82, 2.24) is 4.98 Å². The lowest BCUT2D eigenvalue weighted by molar-refractivity contribution is 0.0473. The highest BCUT2D eigenvalue weighted by atomic mass is 16.5. The first-order chi connectivity index (χ1) is 8.66. The molecule has 4 nitrogen and oxygen atoms in total. The number of ether oxygens (including phenoxy) is 1. The van der Waals surface area contributed by atoms with E-state index in [4.69, 9.17) is 10.5 Å². The Bertz CT molecular complexity index is 550. The lowest BCUT2D eigenvalue weighted by Crippen LogP contribution is -2.09. The normalized spacial score (nSPS) is 10.1. The zero-order chi connectivity index (χ0) is 13.0. The highest BCUT2D eigenvalue weighted by Gasteiger charge is 2.11. The molecule has 92 valence electrons. The molecule has 0 unspecified atom stereocenters. The second-order valence-corrected chi connectivity index (χ2v) is 4.00. The van der Waals surface area contributed by atoms with Gasteiger partial charge in [-0.1, -0.05) is 29.8 Å². The van der Waals surface area contributed by atoms with Gasteiger partial charge < -0.3 is 10.5 Å². The lowest BCUT2D eigenvalue weighted by Gasteiger charge is -2.06. The molecule has 0 fully saturated rings. The van der Waals surface area contributed by atoms with Crippen LogP contribution in [0, 0.1) is 6.92 Å². The molecule has 0 spiro atoms. The molecule has 0 aliphatic heterocycles. The van der Waals surface area contributed by atoms with Crippen LogP contribution in [-0.2, 0) is 11.3 Å². The highest BCUT2D eigenvalue weighted by molar-refractivity contribution is 5.93. The average molecular weight is 242 g/mol. The third-order valence-electron chi connectivity index (χ3n) is 2.55. The van der Waals surface area contributed by atoms with Gasteiger partial charge in [0.1, 0.15) is 18.0 Å². The van der Waals surface area contributed by atoms with E-state index < -0.39 is 5.97 Å². The van der Waals surface area contributed by atoms with Gasteiger partial charge in [-0.3, -0.25) is 0 Å². The predicted molar refractivity (Wildman–Crippen MR) is 68.9 cm³/mol. The molecule has 1 aromatic carbocycles. The Morgan fingerprint density at radius 3 is 2.67 bits per heavy atom. The molecular formula is C14H14N2O2. The summed E-state index contributed by atoms with van der Waals surface area (Å²) in [6, 6.07) is 11.0. The number of hydrogen-bond donors (Lipinski definition) is 1. The molecule has 1 heterocycles. The quantitative estimate of drug-likeness (QED) is 0.839. The minimum atomic E-state index is -0.457. The van der Waals surface area contributed by atoms with Crippen molar-refractivity contribution >= 4 is 11.8 Å². The minimum Gasteiger partial charge on any atom is -0.457 e. The number of esters is 1. The number of nitrogen functional groups attached to an aromatic ring is 1. The summed E-state index contributed by atoms with van der Waals surface area (Å²) in [6.07, 6.45) is 1.53. The first kappa shape index (κ1) is 12.1. The number of carbonyl (C=O) groups is 1. The molecule has 0 radical (unpaired) electrons. The number of rotatable bonds is 3. The maximum atomic E-state index is 11.8. The van der Waals surface area contributed by atoms with E-state index in [0.29, 0.717) is 5.56 Å². The van der Waals surface area contributed by atoms with Gasteiger partial charge in [0.05, 0.1) is 0 Å². The van der Waals surface area contributed by atoms with Crippen LogP contribution in [-0.4, -0.2) is 11.0 Å². The van der Waals surface area contributed by atoms with Crippen LogP contribution in [0.25, 0.3) is 0 Å². The number of pyridine rings is 1. The number of aromatic nitrogens is 1. The van der Waals surface area contributed by atoms with E-state index in [9.17, 15) is 4.79 Å². The first-order valence-electron chi connectivity index (χ1n) is 5.60. The molecule has 4 heteroatoms.